The van der Waals surface area contributed by atoms with Gasteiger partial charge in [0.15, 0.2) is 0 Å². The molecule has 2 unspecified atom stereocenters. The topological polar surface area (TPSA) is 0 Å². The third-order valence-electron chi connectivity index (χ3n) is 2.61. The van der Waals surface area contributed by atoms with Crippen molar-refractivity contribution in [3.63, 3.8) is 0 Å². The molecule has 0 aromatic carbocycles. The Labute approximate surface area is 60.4 Å². The Hall–Kier alpha value is 0.350. The predicted molar refractivity (Wildman–Crippen MR) is 44.0 cm³/mol. The van der Waals surface area contributed by atoms with E-state index in [4.69, 9.17) is 0 Å². The lowest BCUT2D eigenvalue weighted by atomic mass is 10.1. The van der Waals surface area contributed by atoms with Crippen molar-refractivity contribution in [2.45, 2.75) is 37.4 Å². The highest BCUT2D eigenvalue weighted by Gasteiger charge is 2.40. The average molecular weight is 143 g/mol. The molecule has 2 saturated heterocycles. The van der Waals surface area contributed by atoms with Crippen molar-refractivity contribution in [1.29, 1.82) is 0 Å². The summed E-state index contributed by atoms with van der Waals surface area (Å²) < 4.78 is 0. The minimum atomic E-state index is 0.928. The van der Waals surface area contributed by atoms with Crippen LogP contribution in [0.3, 0.4) is 0 Å². The lowest BCUT2D eigenvalue weighted by molar-refractivity contribution is 0.642. The molecule has 2 aliphatic heterocycles. The van der Waals surface area contributed by atoms with Crippen LogP contribution in [0.5, 0.6) is 0 Å². The molecule has 2 aliphatic rings. The molecule has 1 heteroatoms. The molecule has 2 rings (SSSR count). The predicted octanol–water partition coefficient (Wildman–Crippen LogP) is 1.95. The molecule has 2 atom stereocenters. The van der Waals surface area contributed by atoms with Gasteiger partial charge < -0.3 is 0 Å². The van der Waals surface area contributed by atoms with Crippen LogP contribution in [0.2, 0.25) is 0 Å². The van der Waals surface area contributed by atoms with Crippen LogP contribution in [-0.2, 0) is 10.9 Å². The Morgan fingerprint density at radius 2 is 1.89 bits per heavy atom. The van der Waals surface area contributed by atoms with E-state index in [1.165, 1.54) is 18.1 Å². The second kappa shape index (κ2) is 2.53. The zero-order valence-corrected chi connectivity index (χ0v) is 6.75. The fraction of sp³-hybridized carbons (Fsp3) is 1.00. The lowest BCUT2D eigenvalue weighted by Gasteiger charge is -2.24. The third kappa shape index (κ3) is 1.12. The lowest BCUT2D eigenvalue weighted by Crippen LogP contribution is -2.37. The quantitative estimate of drug-likeness (QED) is 0.455. The maximum Gasteiger partial charge on any atom is 0.122 e. The van der Waals surface area contributed by atoms with E-state index < -0.39 is 0 Å². The number of hydrogen-bond acceptors (Lipinski definition) is 0. The first-order valence-electron chi connectivity index (χ1n) is 4.13. The zero-order chi connectivity index (χ0) is 6.10. The summed E-state index contributed by atoms with van der Waals surface area (Å²) in [5.41, 5.74) is 0. The summed E-state index contributed by atoms with van der Waals surface area (Å²) in [7, 11) is 0.928. The molecule has 9 heavy (non-hydrogen) atoms. The Bertz CT molecular complexity index is 88.7. The van der Waals surface area contributed by atoms with Crippen molar-refractivity contribution in [2.24, 2.45) is 0 Å². The maximum absolute atomic E-state index is 1.59. The van der Waals surface area contributed by atoms with Gasteiger partial charge in [-0.3, -0.25) is 0 Å². The van der Waals surface area contributed by atoms with Crippen molar-refractivity contribution in [2.75, 3.05) is 11.5 Å². The molecule has 52 valence electrons. The van der Waals surface area contributed by atoms with Gasteiger partial charge in [0.2, 0.25) is 0 Å². The van der Waals surface area contributed by atoms with Crippen LogP contribution < -0.4 is 0 Å². The highest BCUT2D eigenvalue weighted by Crippen LogP contribution is 2.31. The molecular weight excluding hydrogens is 128 g/mol. The molecule has 2 heterocycles. The number of fused-ring (bicyclic) bond motifs is 1. The van der Waals surface area contributed by atoms with Crippen molar-refractivity contribution in [3.8, 4) is 0 Å². The molecular formula is C8H15S+. The summed E-state index contributed by atoms with van der Waals surface area (Å²) in [6.07, 6.45) is 7.75. The number of hydrogen-bond donors (Lipinski definition) is 0. The van der Waals surface area contributed by atoms with E-state index in [1.54, 1.807) is 30.8 Å². The molecule has 0 aromatic rings. The van der Waals surface area contributed by atoms with Gasteiger partial charge in [-0.2, -0.15) is 0 Å². The standard InChI is InChI=1S/C8H15S/c1-2-4-8-5-7-9(8)6-3-1/h8H,1-7H2/q+1. The van der Waals surface area contributed by atoms with E-state index in [9.17, 15) is 0 Å². The smallest absolute Gasteiger partial charge is 0.0487 e. The third-order valence-corrected chi connectivity index (χ3v) is 5.59. The first-order valence-corrected chi connectivity index (χ1v) is 5.76. The van der Waals surface area contributed by atoms with E-state index in [0.29, 0.717) is 0 Å². The summed E-state index contributed by atoms with van der Waals surface area (Å²) in [6.45, 7) is 0. The largest absolute Gasteiger partial charge is 0.122 e. The van der Waals surface area contributed by atoms with Crippen molar-refractivity contribution < 1.29 is 0 Å². The van der Waals surface area contributed by atoms with Gasteiger partial charge in [-0.15, -0.1) is 0 Å². The van der Waals surface area contributed by atoms with E-state index in [1.807, 2.05) is 0 Å². The van der Waals surface area contributed by atoms with Gasteiger partial charge in [-0.25, -0.2) is 0 Å². The molecule has 0 spiro atoms. The summed E-state index contributed by atoms with van der Waals surface area (Å²) in [5, 5.41) is 1.20. The molecule has 0 radical (unpaired) electrons. The van der Waals surface area contributed by atoms with E-state index in [0.717, 1.165) is 10.9 Å². The Morgan fingerprint density at radius 1 is 0.889 bits per heavy atom. The van der Waals surface area contributed by atoms with Gasteiger partial charge in [-0.1, -0.05) is 0 Å². The monoisotopic (exact) mass is 143 g/mol. The van der Waals surface area contributed by atoms with E-state index >= 15 is 0 Å². The maximum atomic E-state index is 1.59. The fourth-order valence-corrected chi connectivity index (χ4v) is 4.38. The second-order valence-corrected chi connectivity index (χ2v) is 5.76. The molecule has 0 amide bonds. The first-order chi connectivity index (χ1) is 4.47. The molecule has 0 aliphatic carbocycles. The van der Waals surface area contributed by atoms with Crippen molar-refractivity contribution in [1.82, 2.24) is 0 Å². The zero-order valence-electron chi connectivity index (χ0n) is 5.94. The van der Waals surface area contributed by atoms with Gasteiger partial charge in [0.05, 0.1) is 0 Å². The second-order valence-electron chi connectivity index (χ2n) is 3.21. The van der Waals surface area contributed by atoms with Crippen molar-refractivity contribution >= 4 is 10.9 Å². The van der Waals surface area contributed by atoms with E-state index in [-0.39, 0.29) is 0 Å². The summed E-state index contributed by atoms with van der Waals surface area (Å²) in [4.78, 5) is 0. The highest BCUT2D eigenvalue weighted by molar-refractivity contribution is 7.98. The average Bonchev–Trinajstić information content (AvgIpc) is 1.94. The van der Waals surface area contributed by atoms with Crippen LogP contribution in [0, 0.1) is 0 Å². The van der Waals surface area contributed by atoms with Gasteiger partial charge in [0.1, 0.15) is 16.8 Å². The van der Waals surface area contributed by atoms with Gasteiger partial charge >= 0.3 is 0 Å². The molecule has 0 aromatic heterocycles. The highest BCUT2D eigenvalue weighted by atomic mass is 32.2. The summed E-state index contributed by atoms with van der Waals surface area (Å²) >= 11 is 0. The molecule has 0 saturated carbocycles. The molecule has 0 N–H and O–H groups in total. The first kappa shape index (κ1) is 6.09. The Morgan fingerprint density at radius 3 is 2.67 bits per heavy atom. The molecule has 2 fully saturated rings. The Kier molecular flexibility index (Phi) is 1.71. The Balaban J connectivity index is 1.90. The van der Waals surface area contributed by atoms with E-state index in [2.05, 4.69) is 0 Å². The van der Waals surface area contributed by atoms with Crippen LogP contribution >= 0.6 is 0 Å². The van der Waals surface area contributed by atoms with Gasteiger partial charge in [0, 0.05) is 6.42 Å². The summed E-state index contributed by atoms with van der Waals surface area (Å²) in [5.74, 6) is 3.18. The minimum absolute atomic E-state index is 0.928. The van der Waals surface area contributed by atoms with Crippen LogP contribution in [0.4, 0.5) is 0 Å². The normalized spacial score (nSPS) is 42.7. The van der Waals surface area contributed by atoms with Gasteiger partial charge in [0.25, 0.3) is 0 Å². The minimum Gasteiger partial charge on any atom is -0.0487 e. The van der Waals surface area contributed by atoms with Gasteiger partial charge in [-0.05, 0) is 36.6 Å². The summed E-state index contributed by atoms with van der Waals surface area (Å²) in [6, 6.07) is 0. The van der Waals surface area contributed by atoms with Crippen molar-refractivity contribution in [3.05, 3.63) is 0 Å². The van der Waals surface area contributed by atoms with Crippen LogP contribution in [-0.4, -0.2) is 16.8 Å². The number of rotatable bonds is 0. The fourth-order valence-electron chi connectivity index (χ4n) is 1.87. The SMILES string of the molecule is C1CCC2CC[S+]2CC1. The van der Waals surface area contributed by atoms with Crippen LogP contribution in [0.25, 0.3) is 0 Å². The van der Waals surface area contributed by atoms with Crippen LogP contribution in [0.1, 0.15) is 32.1 Å². The molecule has 0 nitrogen and oxygen atoms in total. The van der Waals surface area contributed by atoms with Crippen LogP contribution in [0.15, 0.2) is 0 Å². The molecule has 0 bridgehead atoms.